The van der Waals surface area contributed by atoms with Crippen molar-refractivity contribution in [3.05, 3.63) is 71.4 Å². The predicted octanol–water partition coefficient (Wildman–Crippen LogP) is 4.08. The number of carbonyl (C=O) groups is 1. The molecular weight excluding hydrogens is 353 g/mol. The van der Waals surface area contributed by atoms with Crippen molar-refractivity contribution in [3.63, 3.8) is 0 Å². The number of nitrogens with one attached hydrogen (secondary N) is 1. The van der Waals surface area contributed by atoms with E-state index < -0.39 is 6.10 Å². The minimum atomic E-state index is -0.752. The second kappa shape index (κ2) is 7.05. The summed E-state index contributed by atoms with van der Waals surface area (Å²) in [5.74, 6) is -0.677. The Bertz CT molecular complexity index is 972. The van der Waals surface area contributed by atoms with E-state index in [0.29, 0.717) is 16.4 Å². The van der Waals surface area contributed by atoms with Crippen LogP contribution in [0.5, 0.6) is 0 Å². The number of aromatic nitrogens is 1. The van der Waals surface area contributed by atoms with Gasteiger partial charge in [-0.3, -0.25) is 10.1 Å². The van der Waals surface area contributed by atoms with E-state index in [9.17, 15) is 9.18 Å². The SMILES string of the molecule is O=C(Nc1nc(-c2ccccc2)cs1)C1CC(c2cccc(F)c2)=NO1. The summed E-state index contributed by atoms with van der Waals surface area (Å²) >= 11 is 1.35. The molecule has 1 aliphatic heterocycles. The van der Waals surface area contributed by atoms with Gasteiger partial charge in [-0.05, 0) is 12.1 Å². The van der Waals surface area contributed by atoms with Gasteiger partial charge in [0.1, 0.15) is 5.82 Å². The summed E-state index contributed by atoms with van der Waals surface area (Å²) in [6, 6.07) is 15.8. The summed E-state index contributed by atoms with van der Waals surface area (Å²) in [5.41, 5.74) is 2.95. The van der Waals surface area contributed by atoms with Crippen LogP contribution in [0.2, 0.25) is 0 Å². The smallest absolute Gasteiger partial charge is 0.270 e. The van der Waals surface area contributed by atoms with E-state index in [-0.39, 0.29) is 18.1 Å². The molecule has 0 spiro atoms. The molecule has 0 saturated heterocycles. The highest BCUT2D eigenvalue weighted by Gasteiger charge is 2.29. The molecule has 0 radical (unpaired) electrons. The van der Waals surface area contributed by atoms with Crippen molar-refractivity contribution in [2.75, 3.05) is 5.32 Å². The summed E-state index contributed by atoms with van der Waals surface area (Å²) in [6.07, 6.45) is -0.469. The average Bonchev–Trinajstić information content (AvgIpc) is 3.32. The fraction of sp³-hybridized carbons (Fsp3) is 0.105. The van der Waals surface area contributed by atoms with Crippen LogP contribution in [-0.2, 0) is 9.63 Å². The summed E-state index contributed by atoms with van der Waals surface area (Å²) in [7, 11) is 0. The fourth-order valence-corrected chi connectivity index (χ4v) is 3.34. The van der Waals surface area contributed by atoms with Crippen LogP contribution in [0.4, 0.5) is 9.52 Å². The highest BCUT2D eigenvalue weighted by atomic mass is 32.1. The molecule has 1 aliphatic rings. The van der Waals surface area contributed by atoms with E-state index in [1.54, 1.807) is 12.1 Å². The topological polar surface area (TPSA) is 63.6 Å². The van der Waals surface area contributed by atoms with Crippen LogP contribution in [0.25, 0.3) is 11.3 Å². The van der Waals surface area contributed by atoms with Crippen molar-refractivity contribution >= 4 is 28.1 Å². The molecule has 26 heavy (non-hydrogen) atoms. The molecule has 1 amide bonds. The minimum absolute atomic E-state index is 0.284. The largest absolute Gasteiger partial charge is 0.382 e. The van der Waals surface area contributed by atoms with Crippen molar-refractivity contribution < 1.29 is 14.0 Å². The van der Waals surface area contributed by atoms with Crippen LogP contribution in [0.3, 0.4) is 0 Å². The molecule has 0 aliphatic carbocycles. The Kier molecular flexibility index (Phi) is 4.45. The lowest BCUT2D eigenvalue weighted by Gasteiger charge is -2.07. The van der Waals surface area contributed by atoms with E-state index in [1.165, 1.54) is 23.5 Å². The number of benzene rings is 2. The van der Waals surface area contributed by atoms with Gasteiger partial charge in [0.2, 0.25) is 6.10 Å². The van der Waals surface area contributed by atoms with Crippen molar-refractivity contribution in [1.82, 2.24) is 4.98 Å². The van der Waals surface area contributed by atoms with Gasteiger partial charge in [-0.15, -0.1) is 11.3 Å². The highest BCUT2D eigenvalue weighted by Crippen LogP contribution is 2.25. The maximum Gasteiger partial charge on any atom is 0.270 e. The summed E-state index contributed by atoms with van der Waals surface area (Å²) in [5, 5.41) is 9.05. The van der Waals surface area contributed by atoms with Crippen LogP contribution < -0.4 is 5.32 Å². The van der Waals surface area contributed by atoms with Gasteiger partial charge >= 0.3 is 0 Å². The van der Waals surface area contributed by atoms with Crippen molar-refractivity contribution in [3.8, 4) is 11.3 Å². The lowest BCUT2D eigenvalue weighted by Crippen LogP contribution is -2.28. The Morgan fingerprint density at radius 3 is 2.77 bits per heavy atom. The monoisotopic (exact) mass is 367 g/mol. The molecule has 1 aromatic heterocycles. The molecule has 1 atom stereocenters. The zero-order chi connectivity index (χ0) is 17.9. The number of carbonyl (C=O) groups excluding carboxylic acids is 1. The highest BCUT2D eigenvalue weighted by molar-refractivity contribution is 7.14. The maximum absolute atomic E-state index is 13.3. The van der Waals surface area contributed by atoms with Gasteiger partial charge in [-0.25, -0.2) is 9.37 Å². The Labute approximate surface area is 153 Å². The number of anilines is 1. The molecule has 2 heterocycles. The zero-order valence-electron chi connectivity index (χ0n) is 13.6. The summed E-state index contributed by atoms with van der Waals surface area (Å²) < 4.78 is 13.3. The van der Waals surface area contributed by atoms with E-state index in [0.717, 1.165) is 11.3 Å². The van der Waals surface area contributed by atoms with Crippen LogP contribution in [0.1, 0.15) is 12.0 Å². The van der Waals surface area contributed by atoms with Crippen LogP contribution in [0, 0.1) is 5.82 Å². The molecule has 0 saturated carbocycles. The molecule has 0 bridgehead atoms. The number of amides is 1. The first-order valence-electron chi connectivity index (χ1n) is 7.99. The van der Waals surface area contributed by atoms with E-state index in [1.807, 2.05) is 35.7 Å². The molecule has 130 valence electrons. The second-order valence-corrected chi connectivity index (χ2v) is 6.60. The molecular formula is C19H14FN3O2S. The van der Waals surface area contributed by atoms with E-state index >= 15 is 0 Å². The number of hydrogen-bond donors (Lipinski definition) is 1. The van der Waals surface area contributed by atoms with Gasteiger partial charge in [0.15, 0.2) is 5.13 Å². The van der Waals surface area contributed by atoms with Crippen molar-refractivity contribution in [1.29, 1.82) is 0 Å². The Morgan fingerprint density at radius 1 is 1.15 bits per heavy atom. The average molecular weight is 367 g/mol. The summed E-state index contributed by atoms with van der Waals surface area (Å²) in [6.45, 7) is 0. The van der Waals surface area contributed by atoms with Gasteiger partial charge < -0.3 is 4.84 Å². The number of thiazole rings is 1. The fourth-order valence-electron chi connectivity index (χ4n) is 2.62. The standard InChI is InChI=1S/C19H14FN3O2S/c20-14-8-4-7-13(9-14)15-10-17(25-23-15)18(24)22-19-21-16(11-26-19)12-5-2-1-3-6-12/h1-9,11,17H,10H2,(H,21,22,24). The third-order valence-corrected chi connectivity index (χ3v) is 4.68. The second-order valence-electron chi connectivity index (χ2n) is 5.74. The minimum Gasteiger partial charge on any atom is -0.382 e. The van der Waals surface area contributed by atoms with Crippen LogP contribution in [0.15, 0.2) is 65.1 Å². The Morgan fingerprint density at radius 2 is 1.96 bits per heavy atom. The number of rotatable bonds is 4. The molecule has 3 aromatic rings. The number of nitrogens with zero attached hydrogens (tertiary/aromatic N) is 2. The van der Waals surface area contributed by atoms with Crippen molar-refractivity contribution in [2.45, 2.75) is 12.5 Å². The lowest BCUT2D eigenvalue weighted by molar-refractivity contribution is -0.125. The molecule has 1 N–H and O–H groups in total. The van der Waals surface area contributed by atoms with Crippen molar-refractivity contribution in [2.24, 2.45) is 5.16 Å². The normalized spacial score (nSPS) is 16.0. The Hall–Kier alpha value is -3.06. The number of oxime groups is 1. The van der Waals surface area contributed by atoms with Gasteiger partial charge in [0, 0.05) is 22.9 Å². The summed E-state index contributed by atoms with van der Waals surface area (Å²) in [4.78, 5) is 22.0. The number of halogens is 1. The molecule has 5 nitrogen and oxygen atoms in total. The van der Waals surface area contributed by atoms with Gasteiger partial charge in [-0.2, -0.15) is 0 Å². The van der Waals surface area contributed by atoms with E-state index in [4.69, 9.17) is 4.84 Å². The first-order chi connectivity index (χ1) is 12.7. The van der Waals surface area contributed by atoms with Gasteiger partial charge in [0.25, 0.3) is 5.91 Å². The Balaban J connectivity index is 1.40. The first-order valence-corrected chi connectivity index (χ1v) is 8.87. The van der Waals surface area contributed by atoms with Crippen LogP contribution in [-0.4, -0.2) is 22.7 Å². The molecule has 0 fully saturated rings. The van der Waals surface area contributed by atoms with Gasteiger partial charge in [0.05, 0.1) is 11.4 Å². The molecule has 4 rings (SSSR count). The third kappa shape index (κ3) is 3.48. The third-order valence-electron chi connectivity index (χ3n) is 3.92. The lowest BCUT2D eigenvalue weighted by atomic mass is 10.0. The maximum atomic E-state index is 13.3. The molecule has 2 aromatic carbocycles. The number of hydrogen-bond acceptors (Lipinski definition) is 5. The van der Waals surface area contributed by atoms with Gasteiger partial charge in [-0.1, -0.05) is 47.6 Å². The molecule has 7 heteroatoms. The predicted molar refractivity (Wildman–Crippen MR) is 98.6 cm³/mol. The van der Waals surface area contributed by atoms with Crippen LogP contribution >= 0.6 is 11.3 Å². The van der Waals surface area contributed by atoms with E-state index in [2.05, 4.69) is 15.5 Å². The first kappa shape index (κ1) is 16.4. The quantitative estimate of drug-likeness (QED) is 0.756. The molecule has 1 unspecified atom stereocenters. The zero-order valence-corrected chi connectivity index (χ0v) is 14.4.